The van der Waals surface area contributed by atoms with Crippen molar-refractivity contribution >= 4 is 40.6 Å². The number of thiocarbonyl (C=S) groups is 1. The van der Waals surface area contributed by atoms with Crippen LogP contribution in [0.2, 0.25) is 0 Å². The first kappa shape index (κ1) is 29.7. The third kappa shape index (κ3) is 5.81. The van der Waals surface area contributed by atoms with Crippen LogP contribution in [0.1, 0.15) is 45.1 Å². The van der Waals surface area contributed by atoms with E-state index in [1.165, 1.54) is 14.2 Å². The number of hydrogen-bond donors (Lipinski definition) is 2. The normalized spacial score (nSPS) is 16.1. The molecule has 0 spiro atoms. The summed E-state index contributed by atoms with van der Waals surface area (Å²) < 4.78 is 17.5. The van der Waals surface area contributed by atoms with E-state index in [0.29, 0.717) is 22.1 Å². The summed E-state index contributed by atoms with van der Waals surface area (Å²) in [6.07, 6.45) is 1.77. The maximum absolute atomic E-state index is 12.4. The van der Waals surface area contributed by atoms with E-state index in [1.54, 1.807) is 31.5 Å². The van der Waals surface area contributed by atoms with Gasteiger partial charge in [-0.25, -0.2) is 4.79 Å². The van der Waals surface area contributed by atoms with Crippen LogP contribution in [0.5, 0.6) is 5.75 Å². The number of esters is 1. The Balaban J connectivity index is 1.62. The molecule has 2 aromatic heterocycles. The number of anilines is 2. The molecule has 1 aliphatic heterocycles. The number of amides is 1. The van der Waals surface area contributed by atoms with Crippen molar-refractivity contribution in [2.24, 2.45) is 0 Å². The second-order valence-electron chi connectivity index (χ2n) is 10.1. The smallest absolute Gasteiger partial charge is 0.337 e. The Hall–Kier alpha value is -4.74. The molecule has 10 nitrogen and oxygen atoms in total. The molecular weight excluding hydrogens is 566 g/mol. The van der Waals surface area contributed by atoms with Gasteiger partial charge in [-0.2, -0.15) is 0 Å². The highest BCUT2D eigenvalue weighted by molar-refractivity contribution is 7.80. The van der Waals surface area contributed by atoms with Crippen LogP contribution < -0.4 is 20.3 Å². The number of carbonyl (C=O) groups is 2. The van der Waals surface area contributed by atoms with Gasteiger partial charge < -0.3 is 34.3 Å². The number of nitrogens with one attached hydrogen (secondary N) is 2. The van der Waals surface area contributed by atoms with Gasteiger partial charge in [-0.05, 0) is 92.3 Å². The lowest BCUT2D eigenvalue weighted by molar-refractivity contribution is -0.119. The van der Waals surface area contributed by atoms with Crippen LogP contribution >= 0.6 is 12.2 Å². The van der Waals surface area contributed by atoms with Crippen molar-refractivity contribution < 1.29 is 23.8 Å². The molecule has 0 aliphatic carbocycles. The average molecular weight is 600 g/mol. The molecule has 0 radical (unpaired) electrons. The zero-order valence-corrected chi connectivity index (χ0v) is 25.4. The van der Waals surface area contributed by atoms with Crippen LogP contribution in [-0.2, 0) is 14.3 Å². The minimum atomic E-state index is -0.384. The van der Waals surface area contributed by atoms with Crippen molar-refractivity contribution in [2.45, 2.75) is 25.9 Å². The van der Waals surface area contributed by atoms with Crippen molar-refractivity contribution in [1.82, 2.24) is 14.9 Å². The molecule has 1 aliphatic rings. The summed E-state index contributed by atoms with van der Waals surface area (Å²) >= 11 is 5.93. The Morgan fingerprint density at radius 3 is 2.40 bits per heavy atom. The Kier molecular flexibility index (Phi) is 8.74. The van der Waals surface area contributed by atoms with Gasteiger partial charge in [-0.15, -0.1) is 0 Å². The van der Waals surface area contributed by atoms with Crippen molar-refractivity contribution in [3.8, 4) is 11.4 Å². The third-order valence-electron chi connectivity index (χ3n) is 7.44. The lowest BCUT2D eigenvalue weighted by atomic mass is 9.96. The first-order valence-electron chi connectivity index (χ1n) is 13.6. The molecule has 2 atom stereocenters. The standard InChI is InChI=1S/C32H33N5O5S/c1-19-16-24(20(2)36(19)22-11-9-21(10-12-22)31(39)42-5)30-29(25-8-6-7-15-33-25)35-32(43)37(30)23-13-14-27(41-4)26(17-23)34-28(38)18-40-3/h6-17,29-30H,18H2,1-5H3,(H,34,38)(H,35,43)/t29-,30+/m1/s1. The molecule has 2 aromatic carbocycles. The van der Waals surface area contributed by atoms with E-state index in [-0.39, 0.29) is 30.6 Å². The Morgan fingerprint density at radius 1 is 1.00 bits per heavy atom. The van der Waals surface area contributed by atoms with E-state index in [1.807, 2.05) is 54.3 Å². The summed E-state index contributed by atoms with van der Waals surface area (Å²) in [4.78, 5) is 31.1. The van der Waals surface area contributed by atoms with Crippen molar-refractivity contribution in [1.29, 1.82) is 0 Å². The maximum Gasteiger partial charge on any atom is 0.337 e. The summed E-state index contributed by atoms with van der Waals surface area (Å²) in [6, 6.07) is 20.3. The Bertz CT molecular complexity index is 1650. The van der Waals surface area contributed by atoms with Gasteiger partial charge in [0.1, 0.15) is 12.4 Å². The fourth-order valence-electron chi connectivity index (χ4n) is 5.56. The van der Waals surface area contributed by atoms with Crippen molar-refractivity contribution in [2.75, 3.05) is 38.2 Å². The molecule has 1 saturated heterocycles. The average Bonchev–Trinajstić information content (AvgIpc) is 3.51. The minimum absolute atomic E-state index is 0.0893. The fourth-order valence-corrected chi connectivity index (χ4v) is 5.90. The summed E-state index contributed by atoms with van der Waals surface area (Å²) in [6.45, 7) is 4.02. The second kappa shape index (κ2) is 12.6. The number of nitrogens with zero attached hydrogens (tertiary/aromatic N) is 3. The molecule has 1 fully saturated rings. The van der Waals surface area contributed by atoms with Gasteiger partial charge in [0.15, 0.2) is 5.11 Å². The number of aryl methyl sites for hydroxylation is 1. The van der Waals surface area contributed by atoms with Crippen LogP contribution in [0.25, 0.3) is 5.69 Å². The third-order valence-corrected chi connectivity index (χ3v) is 7.76. The van der Waals surface area contributed by atoms with Gasteiger partial charge in [-0.3, -0.25) is 9.78 Å². The highest BCUT2D eigenvalue weighted by Crippen LogP contribution is 2.45. The van der Waals surface area contributed by atoms with Gasteiger partial charge in [0.2, 0.25) is 5.91 Å². The number of aromatic nitrogens is 2. The van der Waals surface area contributed by atoms with Gasteiger partial charge in [-0.1, -0.05) is 6.07 Å². The number of pyridine rings is 1. The first-order chi connectivity index (χ1) is 20.8. The number of ether oxygens (including phenoxy) is 3. The lowest BCUT2D eigenvalue weighted by Crippen LogP contribution is -2.29. The van der Waals surface area contributed by atoms with Crippen molar-refractivity contribution in [3.63, 3.8) is 0 Å². The van der Waals surface area contributed by atoms with E-state index in [4.69, 9.17) is 26.4 Å². The Labute approximate surface area is 255 Å². The Morgan fingerprint density at radius 2 is 1.74 bits per heavy atom. The summed E-state index contributed by atoms with van der Waals surface area (Å²) in [5.41, 5.74) is 6.56. The molecule has 0 unspecified atom stereocenters. The molecule has 43 heavy (non-hydrogen) atoms. The van der Waals surface area contributed by atoms with Crippen LogP contribution in [0.3, 0.4) is 0 Å². The van der Waals surface area contributed by atoms with Crippen LogP contribution in [0, 0.1) is 13.8 Å². The predicted molar refractivity (Wildman–Crippen MR) is 168 cm³/mol. The molecule has 0 bridgehead atoms. The first-order valence-corrected chi connectivity index (χ1v) is 14.0. The SMILES string of the molecule is COCC(=O)Nc1cc(N2C(=S)N[C@H](c3ccccn3)[C@@H]2c2cc(C)n(-c3ccc(C(=O)OC)cc3)c2C)ccc1OC. The molecular formula is C32H33N5O5S. The fraction of sp³-hybridized carbons (Fsp3) is 0.250. The topological polar surface area (TPSA) is 107 Å². The lowest BCUT2D eigenvalue weighted by Gasteiger charge is -2.29. The van der Waals surface area contributed by atoms with Crippen LogP contribution in [0.15, 0.2) is 72.9 Å². The maximum atomic E-state index is 12.4. The van der Waals surface area contributed by atoms with Gasteiger partial charge in [0.05, 0.1) is 43.2 Å². The monoisotopic (exact) mass is 599 g/mol. The molecule has 222 valence electrons. The molecule has 3 heterocycles. The number of rotatable bonds is 9. The summed E-state index contributed by atoms with van der Waals surface area (Å²) in [7, 11) is 4.38. The zero-order chi connectivity index (χ0) is 30.7. The molecule has 0 saturated carbocycles. The number of benzene rings is 2. The van der Waals surface area contributed by atoms with Crippen molar-refractivity contribution in [3.05, 3.63) is 101 Å². The van der Waals surface area contributed by atoms with Crippen LogP contribution in [-0.4, -0.2) is 54.5 Å². The van der Waals surface area contributed by atoms with E-state index in [2.05, 4.69) is 33.2 Å². The second-order valence-corrected chi connectivity index (χ2v) is 10.4. The van der Waals surface area contributed by atoms with Crippen LogP contribution in [0.4, 0.5) is 11.4 Å². The molecule has 4 aromatic rings. The highest BCUT2D eigenvalue weighted by Gasteiger charge is 2.42. The summed E-state index contributed by atoms with van der Waals surface area (Å²) in [5, 5.41) is 6.89. The number of hydrogen-bond acceptors (Lipinski definition) is 7. The number of carbonyl (C=O) groups excluding carboxylic acids is 2. The summed E-state index contributed by atoms with van der Waals surface area (Å²) in [5.74, 6) is -0.174. The predicted octanol–water partition coefficient (Wildman–Crippen LogP) is 5.05. The van der Waals surface area contributed by atoms with E-state index >= 15 is 0 Å². The molecule has 11 heteroatoms. The van der Waals surface area contributed by atoms with E-state index in [9.17, 15) is 9.59 Å². The quantitative estimate of drug-likeness (QED) is 0.202. The molecule has 1 amide bonds. The van der Waals surface area contributed by atoms with Gasteiger partial charge >= 0.3 is 5.97 Å². The minimum Gasteiger partial charge on any atom is -0.495 e. The number of methoxy groups -OCH3 is 3. The van der Waals surface area contributed by atoms with Gasteiger partial charge in [0.25, 0.3) is 0 Å². The highest BCUT2D eigenvalue weighted by atomic mass is 32.1. The van der Waals surface area contributed by atoms with E-state index in [0.717, 1.165) is 34.0 Å². The zero-order valence-electron chi connectivity index (χ0n) is 24.6. The van der Waals surface area contributed by atoms with E-state index < -0.39 is 0 Å². The largest absolute Gasteiger partial charge is 0.495 e. The van der Waals surface area contributed by atoms with Gasteiger partial charge in [0, 0.05) is 36.1 Å². The molecule has 5 rings (SSSR count). The molecule has 2 N–H and O–H groups in total.